The van der Waals surface area contributed by atoms with E-state index in [-0.39, 0.29) is 12.1 Å². The van der Waals surface area contributed by atoms with Gasteiger partial charge in [0.05, 0.1) is 30.5 Å². The number of ether oxygens (including phenoxy) is 2. The first kappa shape index (κ1) is 24.1. The number of aliphatic hydroxyl groups is 1. The summed E-state index contributed by atoms with van der Waals surface area (Å²) in [4.78, 5) is 14.7. The summed E-state index contributed by atoms with van der Waals surface area (Å²) in [7, 11) is 1.73. The summed E-state index contributed by atoms with van der Waals surface area (Å²) in [5.74, 6) is 0. The van der Waals surface area contributed by atoms with E-state index in [1.54, 1.807) is 21.3 Å². The van der Waals surface area contributed by atoms with Crippen molar-refractivity contribution in [1.29, 1.82) is 0 Å². The quantitative estimate of drug-likeness (QED) is 0.723. The highest BCUT2D eigenvalue weighted by atomic mass is 16.6. The molecule has 2 aliphatic heterocycles. The molecule has 0 spiro atoms. The Morgan fingerprint density at radius 3 is 2.55 bits per heavy atom. The lowest BCUT2D eigenvalue weighted by molar-refractivity contribution is -0.0893. The highest BCUT2D eigenvalue weighted by Crippen LogP contribution is 2.37. The number of nitrogens with zero attached hydrogens (tertiary/aromatic N) is 1. The van der Waals surface area contributed by atoms with Gasteiger partial charge in [0, 0.05) is 6.54 Å². The number of carbonyl (C=O) groups is 1. The predicted molar refractivity (Wildman–Crippen MR) is 122 cm³/mol. The first-order valence-electron chi connectivity index (χ1n) is 11.2. The molecule has 1 amide bonds. The molecule has 1 fully saturated rings. The molecule has 0 saturated carbocycles. The van der Waals surface area contributed by atoms with Crippen LogP contribution in [0.25, 0.3) is 0 Å². The third kappa shape index (κ3) is 5.63. The molecular weight excluding hydrogens is 393 g/mol. The molecule has 3 rings (SSSR count). The minimum atomic E-state index is -0.993. The van der Waals surface area contributed by atoms with E-state index < -0.39 is 16.8 Å². The number of likely N-dealkylation sites (tertiary alicyclic amines) is 1. The van der Waals surface area contributed by atoms with E-state index in [1.165, 1.54) is 11.1 Å². The molecule has 1 aromatic carbocycles. The predicted octanol–water partition coefficient (Wildman–Crippen LogP) is 3.64. The Hall–Kier alpha value is -1.57. The third-order valence-corrected chi connectivity index (χ3v) is 6.36. The van der Waals surface area contributed by atoms with Crippen LogP contribution in [0.15, 0.2) is 12.1 Å². The average Bonchev–Trinajstić information content (AvgIpc) is 3.13. The molecule has 1 N–H and O–H groups in total. The number of carbonyl (C=O) groups excluding carboxylic acids is 1. The zero-order valence-electron chi connectivity index (χ0n) is 20.1. The smallest absolute Gasteiger partial charge is 0.410 e. The Labute approximate surface area is 187 Å². The first-order chi connectivity index (χ1) is 14.3. The van der Waals surface area contributed by atoms with Gasteiger partial charge in [-0.2, -0.15) is 0 Å². The van der Waals surface area contributed by atoms with E-state index in [4.69, 9.17) is 14.1 Å². The van der Waals surface area contributed by atoms with Gasteiger partial charge < -0.3 is 24.1 Å². The summed E-state index contributed by atoms with van der Waals surface area (Å²) in [6.07, 6.45) is 2.40. The monoisotopic (exact) mass is 430 g/mol. The van der Waals surface area contributed by atoms with Gasteiger partial charge in [0.1, 0.15) is 5.60 Å². The molecule has 0 aliphatic carbocycles. The van der Waals surface area contributed by atoms with E-state index in [1.807, 2.05) is 39.5 Å². The van der Waals surface area contributed by atoms with Gasteiger partial charge in [-0.05, 0) is 84.4 Å². The van der Waals surface area contributed by atoms with Crippen molar-refractivity contribution in [2.75, 3.05) is 13.2 Å². The third-order valence-electron chi connectivity index (χ3n) is 6.36. The zero-order chi connectivity index (χ0) is 23.0. The molecule has 171 valence electrons. The molecule has 6 nitrogen and oxygen atoms in total. The molecule has 7 heteroatoms. The van der Waals surface area contributed by atoms with E-state index in [0.717, 1.165) is 30.3 Å². The van der Waals surface area contributed by atoms with Crippen molar-refractivity contribution in [2.24, 2.45) is 0 Å². The standard InChI is InChI=1S/C24H37BNO5/c1-22(2,3)30-21(27)26-11-8-9-20(26)18-14-17(13-16-10-12-29-15-19(16)18)25-31-24(6,7)23(4,5)28/h13-14,20,28H,8-12,15H2,1-7H3/t20-/m0/s1. The van der Waals surface area contributed by atoms with Crippen molar-refractivity contribution in [3.63, 3.8) is 0 Å². The van der Waals surface area contributed by atoms with E-state index in [9.17, 15) is 9.90 Å². The summed E-state index contributed by atoms with van der Waals surface area (Å²) < 4.78 is 17.5. The second-order valence-electron chi connectivity index (χ2n) is 10.7. The largest absolute Gasteiger partial charge is 0.444 e. The highest BCUT2D eigenvalue weighted by molar-refractivity contribution is 6.47. The van der Waals surface area contributed by atoms with Crippen LogP contribution in [0.4, 0.5) is 4.79 Å². The maximum absolute atomic E-state index is 12.9. The first-order valence-corrected chi connectivity index (χ1v) is 11.2. The maximum Gasteiger partial charge on any atom is 0.410 e. The van der Waals surface area contributed by atoms with Gasteiger partial charge >= 0.3 is 13.6 Å². The van der Waals surface area contributed by atoms with Crippen molar-refractivity contribution in [2.45, 2.75) is 97.2 Å². The molecule has 31 heavy (non-hydrogen) atoms. The fraction of sp³-hybridized carbons (Fsp3) is 0.708. The van der Waals surface area contributed by atoms with Gasteiger partial charge in [0.2, 0.25) is 0 Å². The molecule has 0 aromatic heterocycles. The molecule has 1 aromatic rings. The van der Waals surface area contributed by atoms with Crippen molar-refractivity contribution >= 4 is 19.0 Å². The van der Waals surface area contributed by atoms with Crippen LogP contribution in [0.5, 0.6) is 0 Å². The summed E-state index contributed by atoms with van der Waals surface area (Å²) in [5.41, 5.74) is 2.18. The molecule has 0 unspecified atom stereocenters. The lowest BCUT2D eigenvalue weighted by Crippen LogP contribution is -2.49. The molecule has 0 bridgehead atoms. The minimum Gasteiger partial charge on any atom is -0.444 e. The summed E-state index contributed by atoms with van der Waals surface area (Å²) in [6, 6.07) is 4.19. The number of hydrogen-bond donors (Lipinski definition) is 1. The van der Waals surface area contributed by atoms with Crippen LogP contribution in [-0.4, -0.2) is 53.5 Å². The van der Waals surface area contributed by atoms with Crippen LogP contribution in [0.1, 0.15) is 84.0 Å². The highest BCUT2D eigenvalue weighted by Gasteiger charge is 2.37. The molecule has 1 atom stereocenters. The van der Waals surface area contributed by atoms with Gasteiger partial charge in [-0.3, -0.25) is 0 Å². The summed E-state index contributed by atoms with van der Waals surface area (Å²) in [6.45, 7) is 14.8. The van der Waals surface area contributed by atoms with Crippen LogP contribution < -0.4 is 5.46 Å². The second-order valence-corrected chi connectivity index (χ2v) is 10.7. The van der Waals surface area contributed by atoms with Gasteiger partial charge in [0.25, 0.3) is 0 Å². The number of amides is 1. The molecular formula is C24H37BNO5. The number of benzene rings is 1. The van der Waals surface area contributed by atoms with Gasteiger partial charge in [-0.1, -0.05) is 17.6 Å². The maximum atomic E-state index is 12.9. The Morgan fingerprint density at radius 2 is 1.90 bits per heavy atom. The van der Waals surface area contributed by atoms with Crippen LogP contribution in [0.3, 0.4) is 0 Å². The fourth-order valence-electron chi connectivity index (χ4n) is 3.89. The lowest BCUT2D eigenvalue weighted by Gasteiger charge is -2.37. The van der Waals surface area contributed by atoms with Gasteiger partial charge in [-0.25, -0.2) is 4.79 Å². The van der Waals surface area contributed by atoms with E-state index in [0.29, 0.717) is 19.8 Å². The number of rotatable bonds is 5. The summed E-state index contributed by atoms with van der Waals surface area (Å²) >= 11 is 0. The number of hydrogen-bond acceptors (Lipinski definition) is 5. The Morgan fingerprint density at radius 1 is 1.19 bits per heavy atom. The van der Waals surface area contributed by atoms with Crippen LogP contribution in [-0.2, 0) is 27.2 Å². The number of fused-ring (bicyclic) bond motifs is 1. The molecule has 1 saturated heterocycles. The van der Waals surface area contributed by atoms with Crippen LogP contribution in [0.2, 0.25) is 0 Å². The molecule has 2 heterocycles. The van der Waals surface area contributed by atoms with Crippen LogP contribution in [0, 0.1) is 0 Å². The SMILES string of the molecule is CC(C)(C)OC(=O)N1CCC[C@H]1c1cc([B]OC(C)(C)C(C)(C)O)cc2c1COCC2. The molecule has 2 aliphatic rings. The van der Waals surface area contributed by atoms with Crippen LogP contribution >= 0.6 is 0 Å². The second kappa shape index (κ2) is 8.76. The van der Waals surface area contributed by atoms with E-state index in [2.05, 4.69) is 12.1 Å². The van der Waals surface area contributed by atoms with Crippen molar-refractivity contribution < 1.29 is 24.0 Å². The van der Waals surface area contributed by atoms with Crippen molar-refractivity contribution in [3.05, 3.63) is 28.8 Å². The minimum absolute atomic E-state index is 0.0408. The molecule has 1 radical (unpaired) electrons. The Balaban J connectivity index is 1.90. The van der Waals surface area contributed by atoms with E-state index >= 15 is 0 Å². The topological polar surface area (TPSA) is 68.2 Å². The Bertz CT molecular complexity index is 809. The zero-order valence-corrected chi connectivity index (χ0v) is 20.1. The van der Waals surface area contributed by atoms with Crippen molar-refractivity contribution in [3.8, 4) is 0 Å². The normalized spacial score (nSPS) is 19.9. The fourth-order valence-corrected chi connectivity index (χ4v) is 3.89. The Kier molecular flexibility index (Phi) is 6.80. The van der Waals surface area contributed by atoms with Gasteiger partial charge in [-0.15, -0.1) is 0 Å². The van der Waals surface area contributed by atoms with Gasteiger partial charge in [0.15, 0.2) is 0 Å². The average molecular weight is 430 g/mol. The van der Waals surface area contributed by atoms with Crippen molar-refractivity contribution in [1.82, 2.24) is 4.90 Å². The summed E-state index contributed by atoms with van der Waals surface area (Å²) in [5, 5.41) is 10.4. The lowest BCUT2D eigenvalue weighted by atomic mass is 9.78.